The average Bonchev–Trinajstić information content (AvgIpc) is 3.31. The lowest BCUT2D eigenvalue weighted by Crippen LogP contribution is -2.15. The molecule has 0 aliphatic carbocycles. The van der Waals surface area contributed by atoms with Gasteiger partial charge in [0.15, 0.2) is 19.0 Å². The highest BCUT2D eigenvalue weighted by Gasteiger charge is 2.15. The predicted octanol–water partition coefficient (Wildman–Crippen LogP) is 4.54. The van der Waals surface area contributed by atoms with Gasteiger partial charge in [0, 0.05) is 5.02 Å². The molecule has 0 saturated heterocycles. The van der Waals surface area contributed by atoms with E-state index in [0.717, 1.165) is 11.1 Å². The number of aryl methyl sites for hydroxylation is 1. The van der Waals surface area contributed by atoms with Crippen molar-refractivity contribution < 1.29 is 23.1 Å². The summed E-state index contributed by atoms with van der Waals surface area (Å²) >= 11 is 6.17. The Hall–Kier alpha value is -2.80. The van der Waals surface area contributed by atoms with Gasteiger partial charge in [0.05, 0.1) is 6.26 Å². The summed E-state index contributed by atoms with van der Waals surface area (Å²) in [5, 5.41) is 8.31. The van der Waals surface area contributed by atoms with Crippen molar-refractivity contribution in [1.29, 1.82) is 0 Å². The molecule has 27 heavy (non-hydrogen) atoms. The third kappa shape index (κ3) is 4.68. The first-order chi connectivity index (χ1) is 12.9. The molecule has 0 saturated carbocycles. The number of hydrogen-bond donors (Lipinski definition) is 0. The standard InChI is InChI=1S/C19H19ClN2O5/c1-11(2)13-8-14(20)12(3)7-16(13)25-10-18(23)26-9-17-21-22-19(27-17)15-5-4-6-24-15/h4-8,11H,9-10H2,1-3H3. The SMILES string of the molecule is Cc1cc(OCC(=O)OCc2nnc(-c3ccco3)o2)c(C(C)C)cc1Cl. The van der Waals surface area contributed by atoms with Crippen molar-refractivity contribution in [3.8, 4) is 17.4 Å². The van der Waals surface area contributed by atoms with Gasteiger partial charge in [0.1, 0.15) is 5.75 Å². The molecule has 1 aromatic carbocycles. The van der Waals surface area contributed by atoms with Gasteiger partial charge in [0.25, 0.3) is 11.8 Å². The fourth-order valence-corrected chi connectivity index (χ4v) is 2.55. The molecule has 7 nitrogen and oxygen atoms in total. The highest BCUT2D eigenvalue weighted by molar-refractivity contribution is 6.31. The summed E-state index contributed by atoms with van der Waals surface area (Å²) in [4.78, 5) is 12.0. The van der Waals surface area contributed by atoms with Crippen LogP contribution in [0.25, 0.3) is 11.7 Å². The molecular formula is C19H19ClN2O5. The molecule has 0 atom stereocenters. The fourth-order valence-electron chi connectivity index (χ4n) is 2.38. The van der Waals surface area contributed by atoms with Gasteiger partial charge in [-0.15, -0.1) is 10.2 Å². The predicted molar refractivity (Wildman–Crippen MR) is 97.6 cm³/mol. The third-order valence-corrected chi connectivity index (χ3v) is 4.22. The molecule has 3 aromatic rings. The van der Waals surface area contributed by atoms with Crippen LogP contribution in [0.15, 0.2) is 39.4 Å². The van der Waals surface area contributed by atoms with Crippen LogP contribution in [0.5, 0.6) is 5.75 Å². The van der Waals surface area contributed by atoms with Gasteiger partial charge in [-0.1, -0.05) is 25.4 Å². The second kappa shape index (κ2) is 8.26. The summed E-state index contributed by atoms with van der Waals surface area (Å²) in [6.45, 7) is 5.55. The van der Waals surface area contributed by atoms with Crippen molar-refractivity contribution in [2.75, 3.05) is 6.61 Å². The molecule has 2 aromatic heterocycles. The second-order valence-corrected chi connectivity index (χ2v) is 6.63. The zero-order chi connectivity index (χ0) is 19.4. The molecule has 8 heteroatoms. The van der Waals surface area contributed by atoms with Crippen LogP contribution < -0.4 is 4.74 Å². The van der Waals surface area contributed by atoms with E-state index in [1.807, 2.05) is 32.9 Å². The number of carbonyl (C=O) groups is 1. The molecule has 0 fully saturated rings. The Morgan fingerprint density at radius 1 is 1.30 bits per heavy atom. The first-order valence-corrected chi connectivity index (χ1v) is 8.76. The number of furan rings is 1. The van der Waals surface area contributed by atoms with Crippen LogP contribution in [-0.2, 0) is 16.1 Å². The summed E-state index contributed by atoms with van der Waals surface area (Å²) < 4.78 is 21.3. The van der Waals surface area contributed by atoms with E-state index in [1.54, 1.807) is 12.1 Å². The first kappa shape index (κ1) is 19.0. The van der Waals surface area contributed by atoms with Crippen molar-refractivity contribution in [3.05, 3.63) is 52.6 Å². The van der Waals surface area contributed by atoms with Gasteiger partial charge in [-0.25, -0.2) is 4.79 Å². The number of nitrogens with zero attached hydrogens (tertiary/aromatic N) is 2. The second-order valence-electron chi connectivity index (χ2n) is 6.22. The Kier molecular flexibility index (Phi) is 5.81. The quantitative estimate of drug-likeness (QED) is 0.547. The van der Waals surface area contributed by atoms with Crippen LogP contribution >= 0.6 is 11.6 Å². The Bertz CT molecular complexity index is 918. The van der Waals surface area contributed by atoms with Crippen LogP contribution in [0, 0.1) is 6.92 Å². The summed E-state index contributed by atoms with van der Waals surface area (Å²) in [5.74, 6) is 1.10. The molecule has 0 amide bonds. The van der Waals surface area contributed by atoms with Gasteiger partial charge in [-0.05, 0) is 48.2 Å². The normalized spacial score (nSPS) is 11.0. The van der Waals surface area contributed by atoms with Gasteiger partial charge in [0.2, 0.25) is 0 Å². The zero-order valence-corrected chi connectivity index (χ0v) is 15.9. The minimum Gasteiger partial charge on any atom is -0.482 e. The molecule has 0 bridgehead atoms. The molecule has 0 radical (unpaired) electrons. The van der Waals surface area contributed by atoms with Crippen molar-refractivity contribution in [1.82, 2.24) is 10.2 Å². The average molecular weight is 391 g/mol. The van der Waals surface area contributed by atoms with E-state index in [0.29, 0.717) is 16.5 Å². The maximum atomic E-state index is 12.0. The minimum atomic E-state index is -0.546. The molecular weight excluding hydrogens is 372 g/mol. The van der Waals surface area contributed by atoms with E-state index < -0.39 is 5.97 Å². The molecule has 0 aliphatic rings. The minimum absolute atomic E-state index is 0.146. The van der Waals surface area contributed by atoms with E-state index >= 15 is 0 Å². The van der Waals surface area contributed by atoms with E-state index in [1.165, 1.54) is 6.26 Å². The molecule has 0 unspecified atom stereocenters. The van der Waals surface area contributed by atoms with E-state index in [-0.39, 0.29) is 30.9 Å². The summed E-state index contributed by atoms with van der Waals surface area (Å²) in [6.07, 6.45) is 1.50. The van der Waals surface area contributed by atoms with E-state index in [4.69, 9.17) is 29.9 Å². The lowest BCUT2D eigenvalue weighted by molar-refractivity contribution is -0.148. The van der Waals surface area contributed by atoms with Gasteiger partial charge in [-0.3, -0.25) is 0 Å². The molecule has 0 N–H and O–H groups in total. The molecule has 0 aliphatic heterocycles. The summed E-state index contributed by atoms with van der Waals surface area (Å²) in [5.41, 5.74) is 1.80. The van der Waals surface area contributed by atoms with E-state index in [2.05, 4.69) is 10.2 Å². The monoisotopic (exact) mass is 390 g/mol. The Morgan fingerprint density at radius 2 is 2.11 bits per heavy atom. The highest BCUT2D eigenvalue weighted by Crippen LogP contribution is 2.32. The number of benzene rings is 1. The molecule has 2 heterocycles. The maximum absolute atomic E-state index is 12.0. The van der Waals surface area contributed by atoms with Crippen LogP contribution in [0.4, 0.5) is 0 Å². The largest absolute Gasteiger partial charge is 0.482 e. The summed E-state index contributed by atoms with van der Waals surface area (Å²) in [6, 6.07) is 7.08. The third-order valence-electron chi connectivity index (χ3n) is 3.81. The van der Waals surface area contributed by atoms with Gasteiger partial charge in [-0.2, -0.15) is 0 Å². The number of halogens is 1. The van der Waals surface area contributed by atoms with Gasteiger partial charge < -0.3 is 18.3 Å². The van der Waals surface area contributed by atoms with Crippen molar-refractivity contribution in [2.45, 2.75) is 33.3 Å². The Balaban J connectivity index is 1.55. The van der Waals surface area contributed by atoms with Crippen LogP contribution in [0.2, 0.25) is 5.02 Å². The number of rotatable bonds is 7. The van der Waals surface area contributed by atoms with Crippen LogP contribution in [-0.4, -0.2) is 22.8 Å². The van der Waals surface area contributed by atoms with Gasteiger partial charge >= 0.3 is 5.97 Å². The Labute approximate surface area is 161 Å². The highest BCUT2D eigenvalue weighted by atomic mass is 35.5. The lowest BCUT2D eigenvalue weighted by atomic mass is 10.0. The molecule has 142 valence electrons. The van der Waals surface area contributed by atoms with Crippen molar-refractivity contribution in [2.24, 2.45) is 0 Å². The lowest BCUT2D eigenvalue weighted by Gasteiger charge is -2.15. The number of hydrogen-bond acceptors (Lipinski definition) is 7. The number of aromatic nitrogens is 2. The summed E-state index contributed by atoms with van der Waals surface area (Å²) in [7, 11) is 0. The smallest absolute Gasteiger partial charge is 0.344 e. The van der Waals surface area contributed by atoms with E-state index in [9.17, 15) is 4.79 Å². The maximum Gasteiger partial charge on any atom is 0.344 e. The molecule has 3 rings (SSSR count). The topological polar surface area (TPSA) is 87.6 Å². The molecule has 0 spiro atoms. The van der Waals surface area contributed by atoms with Crippen molar-refractivity contribution in [3.63, 3.8) is 0 Å². The van der Waals surface area contributed by atoms with Crippen molar-refractivity contribution >= 4 is 17.6 Å². The number of esters is 1. The van der Waals surface area contributed by atoms with Crippen LogP contribution in [0.1, 0.15) is 36.8 Å². The van der Waals surface area contributed by atoms with Crippen LogP contribution in [0.3, 0.4) is 0 Å². The Morgan fingerprint density at radius 3 is 2.81 bits per heavy atom. The number of carbonyl (C=O) groups excluding carboxylic acids is 1. The zero-order valence-electron chi connectivity index (χ0n) is 15.2. The first-order valence-electron chi connectivity index (χ1n) is 8.38. The number of ether oxygens (including phenoxy) is 2. The fraction of sp³-hybridized carbons (Fsp3) is 0.316.